The standard InChI is InChI=1S/C17H20ClN.C2H6/c1-5-14-9-11(2)6-7-16(14)19-17-13(4)8-12(3)10-15(17)18;1-2/h6-10,19H,5H2,1-4H3;1-2H3. The summed E-state index contributed by atoms with van der Waals surface area (Å²) in [6.07, 6.45) is 1.01. The Balaban J connectivity index is 0.00000106. The molecule has 0 spiro atoms. The Morgan fingerprint density at radius 2 is 1.62 bits per heavy atom. The molecule has 114 valence electrons. The number of halogens is 1. The van der Waals surface area contributed by atoms with Crippen LogP contribution in [0, 0.1) is 20.8 Å². The van der Waals surface area contributed by atoms with Gasteiger partial charge in [-0.15, -0.1) is 0 Å². The van der Waals surface area contributed by atoms with Crippen LogP contribution in [0.1, 0.15) is 43.0 Å². The summed E-state index contributed by atoms with van der Waals surface area (Å²) in [5.41, 5.74) is 7.11. The maximum atomic E-state index is 6.35. The van der Waals surface area contributed by atoms with Crippen molar-refractivity contribution in [2.75, 3.05) is 5.32 Å². The van der Waals surface area contributed by atoms with Crippen LogP contribution in [0.4, 0.5) is 11.4 Å². The predicted molar refractivity (Wildman–Crippen MR) is 96.1 cm³/mol. The van der Waals surface area contributed by atoms with E-state index in [1.165, 1.54) is 22.3 Å². The summed E-state index contributed by atoms with van der Waals surface area (Å²) in [7, 11) is 0. The molecular weight excluding hydrogens is 278 g/mol. The molecule has 2 heteroatoms. The van der Waals surface area contributed by atoms with Gasteiger partial charge in [-0.3, -0.25) is 0 Å². The van der Waals surface area contributed by atoms with Gasteiger partial charge in [0.1, 0.15) is 0 Å². The van der Waals surface area contributed by atoms with Crippen molar-refractivity contribution >= 4 is 23.0 Å². The summed E-state index contributed by atoms with van der Waals surface area (Å²) >= 11 is 6.35. The monoisotopic (exact) mass is 303 g/mol. The normalized spacial score (nSPS) is 9.86. The molecular formula is C19H26ClN. The molecule has 1 N–H and O–H groups in total. The van der Waals surface area contributed by atoms with Crippen LogP contribution in [0.25, 0.3) is 0 Å². The van der Waals surface area contributed by atoms with E-state index in [9.17, 15) is 0 Å². The zero-order chi connectivity index (χ0) is 16.0. The molecule has 0 aliphatic heterocycles. The van der Waals surface area contributed by atoms with E-state index in [0.717, 1.165) is 22.8 Å². The molecule has 0 bridgehead atoms. The summed E-state index contributed by atoms with van der Waals surface area (Å²) in [6.45, 7) is 12.4. The summed E-state index contributed by atoms with van der Waals surface area (Å²) < 4.78 is 0. The van der Waals surface area contributed by atoms with Crippen LogP contribution < -0.4 is 5.32 Å². The largest absolute Gasteiger partial charge is 0.354 e. The highest BCUT2D eigenvalue weighted by Gasteiger charge is 2.08. The molecule has 0 aliphatic carbocycles. The third kappa shape index (κ3) is 4.50. The first-order valence-corrected chi connectivity index (χ1v) is 8.02. The minimum Gasteiger partial charge on any atom is -0.354 e. The van der Waals surface area contributed by atoms with Gasteiger partial charge in [0.15, 0.2) is 0 Å². The molecule has 0 unspecified atom stereocenters. The van der Waals surface area contributed by atoms with Gasteiger partial charge >= 0.3 is 0 Å². The molecule has 0 saturated heterocycles. The van der Waals surface area contributed by atoms with Gasteiger partial charge < -0.3 is 5.32 Å². The molecule has 0 amide bonds. The minimum atomic E-state index is 0.778. The third-order valence-electron chi connectivity index (χ3n) is 3.33. The second-order valence-electron chi connectivity index (χ2n) is 5.08. The lowest BCUT2D eigenvalue weighted by Gasteiger charge is -2.16. The van der Waals surface area contributed by atoms with Crippen molar-refractivity contribution in [3.05, 3.63) is 57.6 Å². The van der Waals surface area contributed by atoms with Crippen molar-refractivity contribution in [3.8, 4) is 0 Å². The van der Waals surface area contributed by atoms with Crippen molar-refractivity contribution < 1.29 is 0 Å². The highest BCUT2D eigenvalue weighted by molar-refractivity contribution is 6.33. The summed E-state index contributed by atoms with van der Waals surface area (Å²) in [5.74, 6) is 0. The van der Waals surface area contributed by atoms with Gasteiger partial charge in [0.25, 0.3) is 0 Å². The number of nitrogens with one attached hydrogen (secondary N) is 1. The van der Waals surface area contributed by atoms with Gasteiger partial charge in [-0.1, -0.05) is 56.1 Å². The number of hydrogen-bond donors (Lipinski definition) is 1. The van der Waals surface area contributed by atoms with Crippen molar-refractivity contribution in [2.45, 2.75) is 48.0 Å². The quantitative estimate of drug-likeness (QED) is 0.673. The molecule has 0 aliphatic rings. The van der Waals surface area contributed by atoms with E-state index < -0.39 is 0 Å². The second-order valence-corrected chi connectivity index (χ2v) is 5.48. The molecule has 0 heterocycles. The number of anilines is 2. The Labute approximate surface area is 134 Å². The predicted octanol–water partition coefficient (Wildman–Crippen LogP) is 6.60. The van der Waals surface area contributed by atoms with Gasteiger partial charge in [-0.2, -0.15) is 0 Å². The zero-order valence-corrected chi connectivity index (χ0v) is 14.7. The highest BCUT2D eigenvalue weighted by Crippen LogP contribution is 2.31. The van der Waals surface area contributed by atoms with E-state index in [1.54, 1.807) is 0 Å². The summed E-state index contributed by atoms with van der Waals surface area (Å²) in [6, 6.07) is 10.6. The van der Waals surface area contributed by atoms with Crippen molar-refractivity contribution in [1.82, 2.24) is 0 Å². The average Bonchev–Trinajstić information content (AvgIpc) is 2.46. The van der Waals surface area contributed by atoms with Crippen LogP contribution in [0.2, 0.25) is 5.02 Å². The fraction of sp³-hybridized carbons (Fsp3) is 0.368. The molecule has 2 aromatic carbocycles. The zero-order valence-electron chi connectivity index (χ0n) is 14.0. The first-order valence-electron chi connectivity index (χ1n) is 7.64. The van der Waals surface area contributed by atoms with Gasteiger partial charge in [-0.05, 0) is 56.0 Å². The third-order valence-corrected chi connectivity index (χ3v) is 3.63. The molecule has 0 fully saturated rings. The number of benzene rings is 2. The highest BCUT2D eigenvalue weighted by atomic mass is 35.5. The van der Waals surface area contributed by atoms with Crippen LogP contribution in [-0.4, -0.2) is 0 Å². The molecule has 2 aromatic rings. The smallest absolute Gasteiger partial charge is 0.0646 e. The lowest BCUT2D eigenvalue weighted by atomic mass is 10.1. The van der Waals surface area contributed by atoms with E-state index in [-0.39, 0.29) is 0 Å². The molecule has 0 radical (unpaired) electrons. The van der Waals surface area contributed by atoms with Crippen molar-refractivity contribution in [3.63, 3.8) is 0 Å². The second kappa shape index (κ2) is 8.09. The maximum Gasteiger partial charge on any atom is 0.0646 e. The van der Waals surface area contributed by atoms with E-state index in [2.05, 4.69) is 57.3 Å². The molecule has 0 aromatic heterocycles. The fourth-order valence-corrected chi connectivity index (χ4v) is 2.71. The first kappa shape index (κ1) is 17.6. The van der Waals surface area contributed by atoms with Crippen LogP contribution in [-0.2, 0) is 6.42 Å². The Kier molecular flexibility index (Phi) is 6.77. The minimum absolute atomic E-state index is 0.778. The number of rotatable bonds is 3. The van der Waals surface area contributed by atoms with Crippen molar-refractivity contribution in [1.29, 1.82) is 0 Å². The Hall–Kier alpha value is -1.47. The summed E-state index contributed by atoms with van der Waals surface area (Å²) in [5, 5.41) is 4.26. The summed E-state index contributed by atoms with van der Waals surface area (Å²) in [4.78, 5) is 0. The fourth-order valence-electron chi connectivity index (χ4n) is 2.35. The molecule has 0 atom stereocenters. The molecule has 1 nitrogen and oxygen atoms in total. The maximum absolute atomic E-state index is 6.35. The van der Waals surface area contributed by atoms with Gasteiger partial charge in [-0.25, -0.2) is 0 Å². The molecule has 21 heavy (non-hydrogen) atoms. The Morgan fingerprint density at radius 1 is 0.952 bits per heavy atom. The molecule has 2 rings (SSSR count). The van der Waals surface area contributed by atoms with E-state index in [0.29, 0.717) is 0 Å². The first-order chi connectivity index (χ1) is 10.0. The van der Waals surface area contributed by atoms with Gasteiger partial charge in [0, 0.05) is 5.69 Å². The Morgan fingerprint density at radius 3 is 2.19 bits per heavy atom. The van der Waals surface area contributed by atoms with E-state index in [1.807, 2.05) is 19.9 Å². The van der Waals surface area contributed by atoms with Crippen LogP contribution >= 0.6 is 11.6 Å². The van der Waals surface area contributed by atoms with E-state index >= 15 is 0 Å². The SMILES string of the molecule is CC.CCc1cc(C)ccc1Nc1c(C)cc(C)cc1Cl. The topological polar surface area (TPSA) is 12.0 Å². The van der Waals surface area contributed by atoms with Gasteiger partial charge in [0.2, 0.25) is 0 Å². The van der Waals surface area contributed by atoms with Crippen LogP contribution in [0.5, 0.6) is 0 Å². The lowest BCUT2D eigenvalue weighted by Crippen LogP contribution is -1.99. The van der Waals surface area contributed by atoms with Gasteiger partial charge in [0.05, 0.1) is 10.7 Å². The average molecular weight is 304 g/mol. The number of hydrogen-bond acceptors (Lipinski definition) is 1. The lowest BCUT2D eigenvalue weighted by molar-refractivity contribution is 1.13. The Bertz CT molecular complexity index is 580. The molecule has 0 saturated carbocycles. The number of aryl methyl sites for hydroxylation is 4. The van der Waals surface area contributed by atoms with Crippen LogP contribution in [0.15, 0.2) is 30.3 Å². The van der Waals surface area contributed by atoms with Crippen molar-refractivity contribution in [2.24, 2.45) is 0 Å². The van der Waals surface area contributed by atoms with Crippen LogP contribution in [0.3, 0.4) is 0 Å². The van der Waals surface area contributed by atoms with E-state index in [4.69, 9.17) is 11.6 Å².